The van der Waals surface area contributed by atoms with E-state index in [1.54, 1.807) is 11.1 Å². The summed E-state index contributed by atoms with van der Waals surface area (Å²) in [6.45, 7) is 12.4. The van der Waals surface area contributed by atoms with Crippen molar-refractivity contribution in [1.29, 1.82) is 0 Å². The van der Waals surface area contributed by atoms with E-state index in [-0.39, 0.29) is 5.04 Å². The van der Waals surface area contributed by atoms with Gasteiger partial charge in [0.25, 0.3) is 0 Å². The van der Waals surface area contributed by atoms with Gasteiger partial charge in [-0.1, -0.05) is 20.8 Å². The number of fused-ring (bicyclic) bond motifs is 1. The second-order valence-electron chi connectivity index (χ2n) is 8.93. The number of carbonyl (C=O) groups is 1. The zero-order chi connectivity index (χ0) is 20.5. The molecule has 1 aliphatic heterocycles. The molecule has 0 atom stereocenters. The number of carbonyl (C=O) groups excluding carboxylic acids is 1. The molecule has 0 aliphatic carbocycles. The van der Waals surface area contributed by atoms with E-state index in [0.29, 0.717) is 19.0 Å². The van der Waals surface area contributed by atoms with E-state index in [4.69, 9.17) is 10.2 Å². The molecule has 2 aromatic heterocycles. The van der Waals surface area contributed by atoms with Gasteiger partial charge in [-0.05, 0) is 54.2 Å². The third kappa shape index (κ3) is 4.25. The van der Waals surface area contributed by atoms with Crippen LogP contribution in [0.4, 0.5) is 10.6 Å². The molecule has 2 amide bonds. The largest absolute Gasteiger partial charge is 0.413 e. The highest BCUT2D eigenvalue weighted by Gasteiger charge is 2.37. The molecule has 3 heterocycles. The van der Waals surface area contributed by atoms with Crippen molar-refractivity contribution in [2.24, 2.45) is 5.73 Å². The lowest BCUT2D eigenvalue weighted by atomic mass is 10.0. The van der Waals surface area contributed by atoms with Crippen molar-refractivity contribution in [3.8, 4) is 11.1 Å². The lowest BCUT2D eigenvalue weighted by Crippen LogP contribution is -2.40. The van der Waals surface area contributed by atoms with Crippen LogP contribution in [-0.2, 0) is 17.5 Å². The van der Waals surface area contributed by atoms with E-state index in [9.17, 15) is 4.79 Å². The lowest BCUT2D eigenvalue weighted by molar-refractivity contribution is 0.253. The Morgan fingerprint density at radius 3 is 2.61 bits per heavy atom. The van der Waals surface area contributed by atoms with E-state index in [2.05, 4.69) is 56.0 Å². The second kappa shape index (κ2) is 7.64. The predicted molar refractivity (Wildman–Crippen MR) is 115 cm³/mol. The average molecular weight is 399 g/mol. The zero-order valence-corrected chi connectivity index (χ0v) is 18.5. The molecule has 0 saturated heterocycles. The van der Waals surface area contributed by atoms with Crippen LogP contribution in [0.2, 0.25) is 18.1 Å². The number of nitrogens with two attached hydrogens (primary N) is 1. The van der Waals surface area contributed by atoms with Crippen LogP contribution in [0.25, 0.3) is 11.1 Å². The molecule has 0 radical (unpaired) electrons. The van der Waals surface area contributed by atoms with Crippen molar-refractivity contribution in [2.75, 3.05) is 11.4 Å². The molecule has 2 N–H and O–H groups in total. The molecule has 0 spiro atoms. The summed E-state index contributed by atoms with van der Waals surface area (Å²) in [5.74, 6) is 0.674. The minimum Gasteiger partial charge on any atom is -0.413 e. The molecule has 7 heteroatoms. The summed E-state index contributed by atoms with van der Waals surface area (Å²) in [5.41, 5.74) is 9.57. The van der Waals surface area contributed by atoms with Gasteiger partial charge >= 0.3 is 6.03 Å². The summed E-state index contributed by atoms with van der Waals surface area (Å²) in [6.07, 6.45) is 7.27. The number of hydrogen-bond donors (Lipinski definition) is 1. The first kappa shape index (κ1) is 20.5. The Morgan fingerprint density at radius 2 is 1.93 bits per heavy atom. The molecular weight excluding hydrogens is 368 g/mol. The first-order chi connectivity index (χ1) is 13.1. The van der Waals surface area contributed by atoms with Crippen molar-refractivity contribution in [3.05, 3.63) is 41.9 Å². The highest BCUT2D eigenvalue weighted by molar-refractivity contribution is 6.74. The molecular formula is C21H30N4O2Si. The fourth-order valence-electron chi connectivity index (χ4n) is 3.04. The molecule has 6 nitrogen and oxygen atoms in total. The van der Waals surface area contributed by atoms with Crippen LogP contribution in [0, 0.1) is 0 Å². The number of anilines is 1. The number of hydrogen-bond acceptors (Lipinski definition) is 4. The van der Waals surface area contributed by atoms with Gasteiger partial charge in [0, 0.05) is 36.3 Å². The molecule has 1 aliphatic rings. The van der Waals surface area contributed by atoms with Gasteiger partial charge in [0.1, 0.15) is 5.82 Å². The summed E-state index contributed by atoms with van der Waals surface area (Å²) in [4.78, 5) is 22.1. The Hall–Kier alpha value is -2.25. The number of aromatic nitrogens is 2. The Balaban J connectivity index is 1.82. The summed E-state index contributed by atoms with van der Waals surface area (Å²) in [7, 11) is -1.81. The van der Waals surface area contributed by atoms with Crippen LogP contribution in [0.15, 0.2) is 30.7 Å². The minimum atomic E-state index is -1.81. The fraction of sp³-hybridized carbons (Fsp3) is 0.476. The number of nitrogens with zero attached hydrogens (tertiary/aromatic N) is 3. The van der Waals surface area contributed by atoms with Crippen LogP contribution < -0.4 is 10.6 Å². The van der Waals surface area contributed by atoms with Crippen molar-refractivity contribution >= 4 is 20.2 Å². The standard InChI is InChI=1S/C21H30N4O2Si/c1-21(2,3)28(4,5)27-14-15-9-17(12-23-11-15)18-10-16-7-6-8-25(20(22)26)19(16)24-13-18/h9-13H,6-8,14H2,1-5H3,(H2,22,26). The summed E-state index contributed by atoms with van der Waals surface area (Å²) in [5, 5.41) is 0.173. The molecule has 0 saturated carbocycles. The zero-order valence-electron chi connectivity index (χ0n) is 17.5. The Labute approximate surface area is 168 Å². The van der Waals surface area contributed by atoms with Gasteiger partial charge in [-0.25, -0.2) is 9.78 Å². The lowest BCUT2D eigenvalue weighted by Gasteiger charge is -2.36. The fourth-order valence-corrected chi connectivity index (χ4v) is 4.00. The number of primary amides is 1. The predicted octanol–water partition coefficient (Wildman–Crippen LogP) is 4.50. The van der Waals surface area contributed by atoms with Crippen molar-refractivity contribution in [2.45, 2.75) is 58.4 Å². The van der Waals surface area contributed by atoms with Crippen LogP contribution >= 0.6 is 0 Å². The molecule has 3 rings (SSSR count). The van der Waals surface area contributed by atoms with E-state index < -0.39 is 14.3 Å². The summed E-state index contributed by atoms with van der Waals surface area (Å²) < 4.78 is 6.33. The monoisotopic (exact) mass is 398 g/mol. The highest BCUT2D eigenvalue weighted by Crippen LogP contribution is 2.37. The maximum absolute atomic E-state index is 11.6. The Bertz CT molecular complexity index is 877. The first-order valence-corrected chi connectivity index (χ1v) is 12.6. The molecule has 0 bridgehead atoms. The van der Waals surface area contributed by atoms with Gasteiger partial charge in [0.2, 0.25) is 0 Å². The molecule has 2 aromatic rings. The number of aryl methyl sites for hydroxylation is 1. The van der Waals surface area contributed by atoms with Crippen LogP contribution in [0.3, 0.4) is 0 Å². The number of amides is 2. The smallest absolute Gasteiger partial charge is 0.320 e. The van der Waals surface area contributed by atoms with Gasteiger partial charge in [-0.2, -0.15) is 0 Å². The molecule has 0 fully saturated rings. The molecule has 28 heavy (non-hydrogen) atoms. The third-order valence-corrected chi connectivity index (χ3v) is 10.3. The number of pyridine rings is 2. The van der Waals surface area contributed by atoms with Crippen molar-refractivity contribution < 1.29 is 9.22 Å². The van der Waals surface area contributed by atoms with Gasteiger partial charge in [0.15, 0.2) is 8.32 Å². The van der Waals surface area contributed by atoms with E-state index >= 15 is 0 Å². The Kier molecular flexibility index (Phi) is 5.59. The maximum atomic E-state index is 11.6. The highest BCUT2D eigenvalue weighted by atomic mass is 28.4. The number of rotatable bonds is 4. The third-order valence-electron chi connectivity index (χ3n) is 5.83. The normalized spacial score (nSPS) is 14.7. The second-order valence-corrected chi connectivity index (χ2v) is 13.7. The maximum Gasteiger partial charge on any atom is 0.320 e. The van der Waals surface area contributed by atoms with Gasteiger partial charge in [0.05, 0.1) is 6.61 Å². The van der Waals surface area contributed by atoms with Crippen LogP contribution in [-0.4, -0.2) is 30.9 Å². The van der Waals surface area contributed by atoms with Gasteiger partial charge < -0.3 is 10.2 Å². The topological polar surface area (TPSA) is 81.3 Å². The van der Waals surface area contributed by atoms with E-state index in [0.717, 1.165) is 35.1 Å². The first-order valence-electron chi connectivity index (χ1n) is 9.73. The van der Waals surface area contributed by atoms with Crippen LogP contribution in [0.1, 0.15) is 38.3 Å². The molecule has 0 unspecified atom stereocenters. The molecule has 0 aromatic carbocycles. The quantitative estimate of drug-likeness (QED) is 0.769. The van der Waals surface area contributed by atoms with Gasteiger partial charge in [-0.15, -0.1) is 0 Å². The van der Waals surface area contributed by atoms with Gasteiger partial charge in [-0.3, -0.25) is 9.88 Å². The summed E-state index contributed by atoms with van der Waals surface area (Å²) >= 11 is 0. The molecule has 150 valence electrons. The van der Waals surface area contributed by atoms with Crippen LogP contribution in [0.5, 0.6) is 0 Å². The minimum absolute atomic E-state index is 0.173. The summed E-state index contributed by atoms with van der Waals surface area (Å²) in [6, 6.07) is 3.75. The van der Waals surface area contributed by atoms with Crippen molar-refractivity contribution in [3.63, 3.8) is 0 Å². The van der Waals surface area contributed by atoms with Crippen molar-refractivity contribution in [1.82, 2.24) is 9.97 Å². The van der Waals surface area contributed by atoms with E-state index in [1.165, 1.54) is 0 Å². The SMILES string of the molecule is CC(C)(C)[Si](C)(C)OCc1cncc(-c2cnc3c(c2)CCCN3C(N)=O)c1. The number of urea groups is 1. The van der Waals surface area contributed by atoms with E-state index in [1.807, 2.05) is 12.4 Å². The average Bonchev–Trinajstić information content (AvgIpc) is 2.64. The Morgan fingerprint density at radius 1 is 1.21 bits per heavy atom.